The van der Waals surface area contributed by atoms with Crippen LogP contribution in [0.3, 0.4) is 0 Å². The molecule has 0 atom stereocenters. The van der Waals surface area contributed by atoms with E-state index in [2.05, 4.69) is 47.2 Å². The lowest BCUT2D eigenvalue weighted by molar-refractivity contribution is 0.103. The highest BCUT2D eigenvalue weighted by Crippen LogP contribution is 2.46. The number of allylic oxidation sites excluding steroid dienone is 6. The first-order valence-corrected chi connectivity index (χ1v) is 22.8. The molecular weight excluding hydrogens is 805 g/mol. The fourth-order valence-electron chi connectivity index (χ4n) is 9.23. The lowest BCUT2D eigenvalue weighted by Gasteiger charge is -2.09. The van der Waals surface area contributed by atoms with Crippen molar-refractivity contribution in [1.29, 1.82) is 21.0 Å². The standard InChI is InChI=1S/C52H40N6O2S2/c1-3-5-7-13-19-57-43-25-40-44(26-39(43)51-45(57)23-33(61-51)21-41-47(31(27-53)28-54)35-15-9-11-17-37(35)49(41)59)58(20-14-8-6-4-2)46-24-34(62-52(40)46)22-42-48(32(29-55)30-56)36-16-10-12-18-38(36)50(42)60/h9-12,15-18,21-26H,3-8,13-14,19-20H2,1-2H3/b41-21-,42-22-. The summed E-state index contributed by atoms with van der Waals surface area (Å²) < 4.78 is 7.06. The molecule has 0 N–H and O–H groups in total. The van der Waals surface area contributed by atoms with Crippen LogP contribution in [0.25, 0.3) is 65.5 Å². The number of aryl methyl sites for hydroxylation is 2. The van der Waals surface area contributed by atoms with Crippen molar-refractivity contribution in [3.63, 3.8) is 0 Å². The van der Waals surface area contributed by atoms with Gasteiger partial charge < -0.3 is 9.13 Å². The molecule has 3 aromatic carbocycles. The highest BCUT2D eigenvalue weighted by atomic mass is 32.1. The Balaban J connectivity index is 1.23. The molecule has 2 aliphatic carbocycles. The third kappa shape index (κ3) is 6.61. The number of carbonyl (C=O) groups is 2. The molecule has 0 amide bonds. The lowest BCUT2D eigenvalue weighted by Crippen LogP contribution is -1.99. The molecular formula is C52H40N6O2S2. The summed E-state index contributed by atoms with van der Waals surface area (Å²) >= 11 is 3.25. The summed E-state index contributed by atoms with van der Waals surface area (Å²) in [4.78, 5) is 29.4. The molecule has 0 saturated heterocycles. The number of Topliss-reactive ketones (excluding diaryl/α,β-unsaturated/α-hetero) is 2. The third-order valence-electron chi connectivity index (χ3n) is 12.1. The summed E-state index contributed by atoms with van der Waals surface area (Å²) in [6, 6.07) is 31.4. The number of fused-ring (bicyclic) bond motifs is 8. The van der Waals surface area contributed by atoms with Crippen LogP contribution in [0.2, 0.25) is 0 Å². The summed E-state index contributed by atoms with van der Waals surface area (Å²) in [5.74, 6) is -0.377. The van der Waals surface area contributed by atoms with E-state index in [-0.39, 0.29) is 22.7 Å². The van der Waals surface area contributed by atoms with Crippen LogP contribution in [-0.2, 0) is 13.1 Å². The van der Waals surface area contributed by atoms with Crippen LogP contribution in [0.1, 0.15) is 107 Å². The zero-order valence-electron chi connectivity index (χ0n) is 34.5. The molecule has 0 bridgehead atoms. The van der Waals surface area contributed by atoms with Gasteiger partial charge in [0.15, 0.2) is 11.6 Å². The number of hydrogen-bond acceptors (Lipinski definition) is 8. The van der Waals surface area contributed by atoms with Gasteiger partial charge in [0, 0.05) is 67.0 Å². The van der Waals surface area contributed by atoms with Gasteiger partial charge in [-0.3, -0.25) is 9.59 Å². The molecule has 8 nitrogen and oxygen atoms in total. The number of hydrogen-bond donors (Lipinski definition) is 0. The largest absolute Gasteiger partial charge is 0.340 e. The van der Waals surface area contributed by atoms with Crippen molar-refractivity contribution >= 4 is 99.8 Å². The highest BCUT2D eigenvalue weighted by Gasteiger charge is 2.34. The van der Waals surface area contributed by atoms with E-state index in [1.165, 1.54) is 0 Å². The highest BCUT2D eigenvalue weighted by molar-refractivity contribution is 7.21. The molecule has 2 aliphatic rings. The van der Waals surface area contributed by atoms with E-state index in [1.54, 1.807) is 59.1 Å². The van der Waals surface area contributed by atoms with Gasteiger partial charge >= 0.3 is 0 Å². The smallest absolute Gasteiger partial charge is 0.194 e. The van der Waals surface area contributed by atoms with Crippen LogP contribution in [0.4, 0.5) is 0 Å². The van der Waals surface area contributed by atoms with Gasteiger partial charge in [-0.2, -0.15) is 21.0 Å². The summed E-state index contributed by atoms with van der Waals surface area (Å²) in [5.41, 5.74) is 8.02. The molecule has 0 spiro atoms. The summed E-state index contributed by atoms with van der Waals surface area (Å²) in [6.45, 7) is 6.06. The van der Waals surface area contributed by atoms with Crippen molar-refractivity contribution in [2.75, 3.05) is 0 Å². The number of nitriles is 4. The third-order valence-corrected chi connectivity index (χ3v) is 14.3. The van der Waals surface area contributed by atoms with Crippen LogP contribution in [0, 0.1) is 45.3 Å². The van der Waals surface area contributed by atoms with Crippen LogP contribution in [-0.4, -0.2) is 20.7 Å². The Morgan fingerprint density at radius 2 is 0.919 bits per heavy atom. The first-order chi connectivity index (χ1) is 30.3. The Bertz CT molecular complexity index is 3110. The Morgan fingerprint density at radius 1 is 0.532 bits per heavy atom. The SMILES string of the molecule is CCCCCCn1c2cc3c4sc(/C=C5\C(=O)c6ccccc6C5=C(C#N)C#N)cc4n(CCCCCC)c3cc2c2sc(/C=C3\C(=O)c4ccccc4C3=C(C#N)C#N)cc21. The van der Waals surface area contributed by atoms with E-state index in [0.29, 0.717) is 44.5 Å². The van der Waals surface area contributed by atoms with Crippen molar-refractivity contribution in [2.45, 2.75) is 78.3 Å². The van der Waals surface area contributed by atoms with Gasteiger partial charge in [0.2, 0.25) is 0 Å². The Labute approximate surface area is 367 Å². The van der Waals surface area contributed by atoms with E-state index in [0.717, 1.165) is 116 Å². The summed E-state index contributed by atoms with van der Waals surface area (Å²) in [7, 11) is 0. The van der Waals surface area contributed by atoms with E-state index >= 15 is 0 Å². The van der Waals surface area contributed by atoms with E-state index in [4.69, 9.17) is 0 Å². The minimum absolute atomic E-state index is 0.0751. The number of carbonyl (C=O) groups excluding carboxylic acids is 2. The van der Waals surface area contributed by atoms with Crippen LogP contribution >= 0.6 is 22.7 Å². The molecule has 302 valence electrons. The van der Waals surface area contributed by atoms with Crippen LogP contribution in [0.15, 0.2) is 95.1 Å². The first-order valence-electron chi connectivity index (χ1n) is 21.2. The Hall–Kier alpha value is -7.08. The molecule has 9 rings (SSSR count). The molecule has 10 heteroatoms. The van der Waals surface area contributed by atoms with E-state index in [1.807, 2.05) is 48.6 Å². The maximum atomic E-state index is 13.8. The lowest BCUT2D eigenvalue weighted by atomic mass is 9.99. The maximum absolute atomic E-state index is 13.8. The van der Waals surface area contributed by atoms with Crippen molar-refractivity contribution in [1.82, 2.24) is 9.13 Å². The fourth-order valence-corrected chi connectivity index (χ4v) is 11.5. The molecule has 4 aromatic heterocycles. The predicted octanol–water partition coefficient (Wildman–Crippen LogP) is 13.3. The maximum Gasteiger partial charge on any atom is 0.194 e. The monoisotopic (exact) mass is 844 g/mol. The summed E-state index contributed by atoms with van der Waals surface area (Å²) in [5, 5.41) is 42.0. The van der Waals surface area contributed by atoms with Crippen molar-refractivity contribution in [2.24, 2.45) is 0 Å². The van der Waals surface area contributed by atoms with Crippen LogP contribution < -0.4 is 0 Å². The first kappa shape index (κ1) is 40.3. The van der Waals surface area contributed by atoms with Gasteiger partial charge in [0.25, 0.3) is 0 Å². The van der Waals surface area contributed by atoms with Gasteiger partial charge in [0.1, 0.15) is 35.4 Å². The number of rotatable bonds is 12. The van der Waals surface area contributed by atoms with Crippen molar-refractivity contribution in [3.8, 4) is 24.3 Å². The minimum atomic E-state index is -0.189. The average Bonchev–Trinajstić information content (AvgIpc) is 4.12. The summed E-state index contributed by atoms with van der Waals surface area (Å²) in [6.07, 6.45) is 12.5. The normalized spacial score (nSPS) is 14.6. The number of ketones is 2. The molecule has 62 heavy (non-hydrogen) atoms. The predicted molar refractivity (Wildman–Crippen MR) is 250 cm³/mol. The second-order valence-electron chi connectivity index (χ2n) is 15.9. The number of benzene rings is 3. The average molecular weight is 845 g/mol. The second-order valence-corrected chi connectivity index (χ2v) is 18.0. The molecule has 0 saturated carbocycles. The number of nitrogens with zero attached hydrogens (tertiary/aromatic N) is 6. The van der Waals surface area contributed by atoms with Crippen molar-refractivity contribution < 1.29 is 9.59 Å². The second kappa shape index (κ2) is 16.8. The minimum Gasteiger partial charge on any atom is -0.340 e. The molecule has 0 unspecified atom stereocenters. The van der Waals surface area contributed by atoms with Gasteiger partial charge in [-0.25, -0.2) is 0 Å². The quantitative estimate of drug-likeness (QED) is 0.0681. The number of aromatic nitrogens is 2. The van der Waals surface area contributed by atoms with Gasteiger partial charge in [-0.15, -0.1) is 22.7 Å². The van der Waals surface area contributed by atoms with Gasteiger partial charge in [0.05, 0.1) is 31.5 Å². The topological polar surface area (TPSA) is 139 Å². The van der Waals surface area contributed by atoms with Gasteiger partial charge in [-0.05, 0) is 60.4 Å². The molecule has 0 radical (unpaired) electrons. The molecule has 0 fully saturated rings. The fraction of sp³-hybridized carbons (Fsp3) is 0.231. The Morgan fingerprint density at radius 3 is 1.29 bits per heavy atom. The zero-order chi connectivity index (χ0) is 43.1. The van der Waals surface area contributed by atoms with Crippen molar-refractivity contribution in [3.05, 3.63) is 127 Å². The van der Waals surface area contributed by atoms with Gasteiger partial charge in [-0.1, -0.05) is 101 Å². The number of unbranched alkanes of at least 4 members (excludes halogenated alkanes) is 6. The van der Waals surface area contributed by atoms with E-state index in [9.17, 15) is 30.6 Å². The van der Waals surface area contributed by atoms with Crippen LogP contribution in [0.5, 0.6) is 0 Å². The Kier molecular flexibility index (Phi) is 10.9. The molecule has 4 heterocycles. The molecule has 0 aliphatic heterocycles. The molecule has 7 aromatic rings. The van der Waals surface area contributed by atoms with E-state index < -0.39 is 0 Å². The number of thiophene rings is 2. The zero-order valence-corrected chi connectivity index (χ0v) is 36.1.